The lowest BCUT2D eigenvalue weighted by Crippen LogP contribution is -2.25. The molecular weight excluding hydrogens is 392 g/mol. The van der Waals surface area contributed by atoms with Gasteiger partial charge in [0.25, 0.3) is 5.91 Å². The van der Waals surface area contributed by atoms with E-state index in [1.165, 1.54) is 13.5 Å². The van der Waals surface area contributed by atoms with Crippen LogP contribution in [-0.4, -0.2) is 34.4 Å². The Labute approximate surface area is 176 Å². The third-order valence-electron chi connectivity index (χ3n) is 5.03. The lowest BCUT2D eigenvalue weighted by molar-refractivity contribution is 0.0949. The number of halogens is 1. The van der Waals surface area contributed by atoms with Crippen LogP contribution in [0.25, 0.3) is 0 Å². The zero-order valence-corrected chi connectivity index (χ0v) is 18.1. The van der Waals surface area contributed by atoms with Crippen molar-refractivity contribution in [3.8, 4) is 11.5 Å². The lowest BCUT2D eigenvalue weighted by atomic mass is 10.1. The highest BCUT2D eigenvalue weighted by Crippen LogP contribution is 2.36. The summed E-state index contributed by atoms with van der Waals surface area (Å²) in [4.78, 5) is 12.7. The molecule has 158 valence electrons. The molecule has 3 rings (SSSR count). The van der Waals surface area contributed by atoms with Crippen molar-refractivity contribution in [1.29, 1.82) is 0 Å². The van der Waals surface area contributed by atoms with Gasteiger partial charge in [0.2, 0.25) is 0 Å². The smallest absolute Gasteiger partial charge is 0.251 e. The summed E-state index contributed by atoms with van der Waals surface area (Å²) in [5.74, 6) is 2.97. The van der Waals surface area contributed by atoms with Crippen LogP contribution in [0, 0.1) is 5.92 Å². The van der Waals surface area contributed by atoms with Crippen molar-refractivity contribution < 1.29 is 14.3 Å². The average molecular weight is 421 g/mol. The van der Waals surface area contributed by atoms with Crippen LogP contribution >= 0.6 is 11.6 Å². The van der Waals surface area contributed by atoms with Gasteiger partial charge in [0, 0.05) is 18.5 Å². The number of carbonyl (C=O) groups is 1. The summed E-state index contributed by atoms with van der Waals surface area (Å²) >= 11 is 6.37. The maximum atomic E-state index is 12.7. The van der Waals surface area contributed by atoms with Crippen LogP contribution in [-0.2, 0) is 19.5 Å². The summed E-state index contributed by atoms with van der Waals surface area (Å²) < 4.78 is 13.3. The van der Waals surface area contributed by atoms with Crippen LogP contribution in [0.1, 0.15) is 61.5 Å². The van der Waals surface area contributed by atoms with Crippen molar-refractivity contribution in [2.45, 2.75) is 59.0 Å². The third kappa shape index (κ3) is 5.41. The molecule has 0 unspecified atom stereocenters. The quantitative estimate of drug-likeness (QED) is 0.697. The monoisotopic (exact) mass is 420 g/mol. The number of hydrogen-bond donors (Lipinski definition) is 1. The number of carbonyl (C=O) groups excluding carboxylic acids is 1. The Morgan fingerprint density at radius 3 is 2.86 bits per heavy atom. The summed E-state index contributed by atoms with van der Waals surface area (Å²) in [6.07, 6.45) is 5.28. The van der Waals surface area contributed by atoms with Gasteiger partial charge in [-0.3, -0.25) is 4.79 Å². The molecule has 0 fully saturated rings. The molecule has 0 bridgehead atoms. The van der Waals surface area contributed by atoms with Crippen molar-refractivity contribution in [3.63, 3.8) is 0 Å². The molecule has 1 N–H and O–H groups in total. The van der Waals surface area contributed by atoms with Crippen LogP contribution in [0.5, 0.6) is 11.5 Å². The standard InChI is InChI=1S/C21H29ClN4O3/c1-14(2)8-10-29-20-16(22)11-15(12-17(20)28-3)21(27)23-13-19-25-24-18-7-5-4-6-9-26(18)19/h11-12,14H,4-10,13H2,1-3H3,(H,23,27). The van der Waals surface area contributed by atoms with Gasteiger partial charge in [-0.05, 0) is 37.3 Å². The first-order chi connectivity index (χ1) is 14.0. The maximum absolute atomic E-state index is 12.7. The fourth-order valence-corrected chi connectivity index (χ4v) is 3.59. The molecule has 2 aromatic rings. The molecule has 0 radical (unpaired) electrons. The number of hydrogen-bond acceptors (Lipinski definition) is 5. The number of aromatic nitrogens is 3. The van der Waals surface area contributed by atoms with Crippen LogP contribution in [0.4, 0.5) is 0 Å². The number of methoxy groups -OCH3 is 1. The van der Waals surface area contributed by atoms with Crippen LogP contribution in [0.3, 0.4) is 0 Å². The second-order valence-corrected chi connectivity index (χ2v) is 8.11. The fourth-order valence-electron chi connectivity index (χ4n) is 3.33. The minimum atomic E-state index is -0.245. The second kappa shape index (κ2) is 9.96. The van der Waals surface area contributed by atoms with Crippen molar-refractivity contribution in [2.75, 3.05) is 13.7 Å². The van der Waals surface area contributed by atoms with E-state index in [2.05, 4.69) is 33.9 Å². The minimum Gasteiger partial charge on any atom is -0.493 e. The van der Waals surface area contributed by atoms with Gasteiger partial charge >= 0.3 is 0 Å². The first-order valence-electron chi connectivity index (χ1n) is 10.2. The number of aryl methyl sites for hydroxylation is 1. The third-order valence-corrected chi connectivity index (χ3v) is 5.31. The zero-order chi connectivity index (χ0) is 20.8. The van der Waals surface area contributed by atoms with Crippen LogP contribution in [0.15, 0.2) is 12.1 Å². The van der Waals surface area contributed by atoms with E-state index in [9.17, 15) is 4.79 Å². The maximum Gasteiger partial charge on any atom is 0.251 e. The molecule has 1 aromatic carbocycles. The molecule has 1 amide bonds. The van der Waals surface area contributed by atoms with E-state index in [-0.39, 0.29) is 5.91 Å². The molecule has 1 aromatic heterocycles. The van der Waals surface area contributed by atoms with E-state index in [0.717, 1.165) is 43.9 Å². The van der Waals surface area contributed by atoms with Crippen molar-refractivity contribution >= 4 is 17.5 Å². The SMILES string of the molecule is COc1cc(C(=O)NCc2nnc3n2CCCCC3)cc(Cl)c1OCCC(C)C. The van der Waals surface area contributed by atoms with Crippen molar-refractivity contribution in [3.05, 3.63) is 34.4 Å². The minimum absolute atomic E-state index is 0.245. The van der Waals surface area contributed by atoms with Gasteiger partial charge in [0.15, 0.2) is 17.3 Å². The van der Waals surface area contributed by atoms with Gasteiger partial charge in [0.1, 0.15) is 5.82 Å². The normalized spacial score (nSPS) is 13.7. The predicted molar refractivity (Wildman–Crippen MR) is 112 cm³/mol. The number of benzene rings is 1. The molecule has 0 spiro atoms. The largest absolute Gasteiger partial charge is 0.493 e. The van der Waals surface area contributed by atoms with E-state index in [4.69, 9.17) is 21.1 Å². The highest BCUT2D eigenvalue weighted by Gasteiger charge is 2.18. The first-order valence-corrected chi connectivity index (χ1v) is 10.6. The van der Waals surface area contributed by atoms with Gasteiger partial charge in [-0.25, -0.2) is 0 Å². The van der Waals surface area contributed by atoms with E-state index in [1.54, 1.807) is 12.1 Å². The molecule has 1 aliphatic rings. The lowest BCUT2D eigenvalue weighted by Gasteiger charge is -2.15. The highest BCUT2D eigenvalue weighted by molar-refractivity contribution is 6.32. The van der Waals surface area contributed by atoms with E-state index in [0.29, 0.717) is 41.2 Å². The molecule has 0 saturated carbocycles. The van der Waals surface area contributed by atoms with Crippen molar-refractivity contribution in [2.24, 2.45) is 5.92 Å². The Hall–Kier alpha value is -2.28. The molecule has 0 aliphatic carbocycles. The molecule has 0 saturated heterocycles. The topological polar surface area (TPSA) is 78.3 Å². The van der Waals surface area contributed by atoms with E-state index >= 15 is 0 Å². The Kier molecular flexibility index (Phi) is 7.36. The summed E-state index contributed by atoms with van der Waals surface area (Å²) in [7, 11) is 1.54. The van der Waals surface area contributed by atoms with Gasteiger partial charge in [-0.2, -0.15) is 0 Å². The molecule has 1 aliphatic heterocycles. The summed E-state index contributed by atoms with van der Waals surface area (Å²) in [5, 5.41) is 11.8. The second-order valence-electron chi connectivity index (χ2n) is 7.70. The average Bonchev–Trinajstić information content (AvgIpc) is 2.92. The van der Waals surface area contributed by atoms with Crippen molar-refractivity contribution in [1.82, 2.24) is 20.1 Å². The summed E-state index contributed by atoms with van der Waals surface area (Å²) in [6.45, 7) is 6.01. The molecule has 7 nitrogen and oxygen atoms in total. The number of nitrogens with one attached hydrogen (secondary N) is 1. The number of nitrogens with zero attached hydrogens (tertiary/aromatic N) is 3. The van der Waals surface area contributed by atoms with E-state index < -0.39 is 0 Å². The van der Waals surface area contributed by atoms with Crippen LogP contribution in [0.2, 0.25) is 5.02 Å². The highest BCUT2D eigenvalue weighted by atomic mass is 35.5. The number of ether oxygens (including phenoxy) is 2. The number of fused-ring (bicyclic) bond motifs is 1. The predicted octanol–water partition coefficient (Wildman–Crippen LogP) is 4.02. The first kappa shape index (κ1) is 21.4. The molecule has 0 atom stereocenters. The van der Waals surface area contributed by atoms with Gasteiger partial charge in [0.05, 0.1) is 25.3 Å². The van der Waals surface area contributed by atoms with E-state index in [1.807, 2.05) is 0 Å². The summed E-state index contributed by atoms with van der Waals surface area (Å²) in [5.41, 5.74) is 0.415. The zero-order valence-electron chi connectivity index (χ0n) is 17.3. The molecule has 29 heavy (non-hydrogen) atoms. The number of rotatable bonds is 8. The Bertz CT molecular complexity index is 851. The van der Waals surface area contributed by atoms with Gasteiger partial charge in [-0.15, -0.1) is 10.2 Å². The number of amides is 1. The Morgan fingerprint density at radius 1 is 1.28 bits per heavy atom. The molecule has 2 heterocycles. The Morgan fingerprint density at radius 2 is 2.10 bits per heavy atom. The van der Waals surface area contributed by atoms with Gasteiger partial charge in [-0.1, -0.05) is 31.9 Å². The molecular formula is C21H29ClN4O3. The van der Waals surface area contributed by atoms with Gasteiger partial charge < -0.3 is 19.4 Å². The molecule has 8 heteroatoms. The summed E-state index contributed by atoms with van der Waals surface area (Å²) in [6, 6.07) is 3.25. The van der Waals surface area contributed by atoms with Crippen LogP contribution < -0.4 is 14.8 Å². The Balaban J connectivity index is 1.68. The fraction of sp³-hybridized carbons (Fsp3) is 0.571.